The van der Waals surface area contributed by atoms with Gasteiger partial charge in [0.2, 0.25) is 0 Å². The van der Waals surface area contributed by atoms with Gasteiger partial charge < -0.3 is 5.11 Å². The van der Waals surface area contributed by atoms with Crippen LogP contribution in [-0.4, -0.2) is 21.6 Å². The van der Waals surface area contributed by atoms with Crippen LogP contribution in [-0.2, 0) is 0 Å². The highest BCUT2D eigenvalue weighted by molar-refractivity contribution is 5.72. The van der Waals surface area contributed by atoms with Crippen molar-refractivity contribution in [2.24, 2.45) is 0 Å². The van der Waals surface area contributed by atoms with E-state index in [0.29, 0.717) is 12.0 Å². The summed E-state index contributed by atoms with van der Waals surface area (Å²) >= 11 is 0. The van der Waals surface area contributed by atoms with Crippen LogP contribution < -0.4 is 0 Å². The van der Waals surface area contributed by atoms with Gasteiger partial charge in [-0.2, -0.15) is 0 Å². The Hall–Kier alpha value is -1.75. The minimum absolute atomic E-state index is 0.0179. The maximum absolute atomic E-state index is 10.8. The highest BCUT2D eigenvalue weighted by Crippen LogP contribution is 2.27. The van der Waals surface area contributed by atoms with Gasteiger partial charge in [0.05, 0.1) is 17.1 Å². The molecule has 0 saturated carbocycles. The Kier molecular flexibility index (Phi) is 4.60. The number of nitrogens with zero attached hydrogens (tertiary/aromatic N) is 2. The zero-order valence-electron chi connectivity index (χ0n) is 9.09. The molecule has 0 spiro atoms. The van der Waals surface area contributed by atoms with Crippen molar-refractivity contribution < 1.29 is 10.0 Å². The van der Waals surface area contributed by atoms with E-state index in [2.05, 4.69) is 4.98 Å². The molecule has 0 unspecified atom stereocenters. The smallest absolute Gasteiger partial charge is 0.294 e. The minimum atomic E-state index is -0.455. The number of hydrogen-bond donors (Lipinski definition) is 1. The predicted octanol–water partition coefficient (Wildman–Crippen LogP) is 2.17. The fourth-order valence-corrected chi connectivity index (χ4v) is 1.53. The lowest BCUT2D eigenvalue weighted by molar-refractivity contribution is -0.385. The van der Waals surface area contributed by atoms with Gasteiger partial charge in [0.1, 0.15) is 6.20 Å². The van der Waals surface area contributed by atoms with Crippen molar-refractivity contribution in [3.05, 3.63) is 40.2 Å². The van der Waals surface area contributed by atoms with Crippen LogP contribution in [0.1, 0.15) is 25.3 Å². The van der Waals surface area contributed by atoms with E-state index in [9.17, 15) is 10.1 Å². The average molecular weight is 222 g/mol. The topological polar surface area (TPSA) is 76.3 Å². The van der Waals surface area contributed by atoms with E-state index in [4.69, 9.17) is 5.11 Å². The molecule has 0 amide bonds. The Labute approximate surface area is 93.6 Å². The van der Waals surface area contributed by atoms with Gasteiger partial charge in [-0.25, -0.2) is 0 Å². The summed E-state index contributed by atoms with van der Waals surface area (Å²) in [7, 11) is 0. The third-order valence-electron chi connectivity index (χ3n) is 2.20. The quantitative estimate of drug-likeness (QED) is 0.611. The van der Waals surface area contributed by atoms with Crippen LogP contribution in [0.2, 0.25) is 0 Å². The second kappa shape index (κ2) is 5.97. The van der Waals surface area contributed by atoms with Crippen LogP contribution >= 0.6 is 0 Å². The highest BCUT2D eigenvalue weighted by Gasteiger charge is 2.15. The highest BCUT2D eigenvalue weighted by atomic mass is 16.6. The Morgan fingerprint density at radius 3 is 3.00 bits per heavy atom. The Balaban J connectivity index is 3.18. The van der Waals surface area contributed by atoms with Crippen molar-refractivity contribution in [3.8, 4) is 0 Å². The number of hydrogen-bond acceptors (Lipinski definition) is 4. The molecule has 16 heavy (non-hydrogen) atoms. The molecule has 0 bridgehead atoms. The van der Waals surface area contributed by atoms with Gasteiger partial charge in [-0.1, -0.05) is 19.4 Å². The van der Waals surface area contributed by atoms with E-state index in [1.54, 1.807) is 12.1 Å². The van der Waals surface area contributed by atoms with Gasteiger partial charge in [-0.3, -0.25) is 15.1 Å². The van der Waals surface area contributed by atoms with Crippen LogP contribution in [0.3, 0.4) is 0 Å². The largest absolute Gasteiger partial charge is 0.392 e. The lowest BCUT2D eigenvalue weighted by Crippen LogP contribution is -1.96. The first-order valence-electron chi connectivity index (χ1n) is 5.09. The van der Waals surface area contributed by atoms with Gasteiger partial charge in [0.15, 0.2) is 0 Å². The van der Waals surface area contributed by atoms with E-state index in [0.717, 1.165) is 12.0 Å². The summed E-state index contributed by atoms with van der Waals surface area (Å²) < 4.78 is 0. The normalized spacial score (nSPS) is 11.5. The van der Waals surface area contributed by atoms with Gasteiger partial charge in [0.25, 0.3) is 5.69 Å². The molecule has 86 valence electrons. The van der Waals surface area contributed by atoms with Crippen LogP contribution in [0.5, 0.6) is 0 Å². The molecule has 5 nitrogen and oxygen atoms in total. The fraction of sp³-hybridized carbons (Fsp3) is 0.364. The second-order valence-electron chi connectivity index (χ2n) is 3.31. The van der Waals surface area contributed by atoms with Gasteiger partial charge >= 0.3 is 0 Å². The minimum Gasteiger partial charge on any atom is -0.392 e. The summed E-state index contributed by atoms with van der Waals surface area (Å²) in [5.41, 5.74) is 1.31. The van der Waals surface area contributed by atoms with Gasteiger partial charge in [-0.15, -0.1) is 0 Å². The molecule has 0 aromatic carbocycles. The summed E-state index contributed by atoms with van der Waals surface area (Å²) in [6.45, 7) is 1.87. The van der Waals surface area contributed by atoms with Gasteiger partial charge in [0, 0.05) is 6.20 Å². The Morgan fingerprint density at radius 1 is 1.69 bits per heavy atom. The first-order valence-corrected chi connectivity index (χ1v) is 5.09. The maximum atomic E-state index is 10.8. The van der Waals surface area contributed by atoms with Crippen molar-refractivity contribution in [2.75, 3.05) is 6.61 Å². The molecular formula is C11H14N2O3. The van der Waals surface area contributed by atoms with Crippen molar-refractivity contribution >= 4 is 11.3 Å². The zero-order chi connectivity index (χ0) is 12.0. The van der Waals surface area contributed by atoms with Crippen molar-refractivity contribution in [1.29, 1.82) is 0 Å². The molecule has 1 rings (SSSR count). The maximum Gasteiger partial charge on any atom is 0.294 e. The third-order valence-corrected chi connectivity index (χ3v) is 2.20. The van der Waals surface area contributed by atoms with E-state index in [1.165, 1.54) is 12.4 Å². The SMILES string of the molecule is CCCC(=CCO)c1ccncc1[N+](=O)[O-]. The standard InChI is InChI=1S/C11H14N2O3/c1-2-3-9(5-7-14)10-4-6-12-8-11(10)13(15)16/h4-6,8,14H,2-3,7H2,1H3. The molecular weight excluding hydrogens is 208 g/mol. The van der Waals surface area contributed by atoms with E-state index < -0.39 is 4.92 Å². The molecule has 0 aliphatic rings. The summed E-state index contributed by atoms with van der Waals surface area (Å²) in [4.78, 5) is 14.1. The molecule has 0 saturated heterocycles. The molecule has 1 heterocycles. The van der Waals surface area contributed by atoms with Crippen LogP contribution in [0.25, 0.3) is 5.57 Å². The molecule has 1 N–H and O–H groups in total. The van der Waals surface area contributed by atoms with Crippen LogP contribution in [0.4, 0.5) is 5.69 Å². The summed E-state index contributed by atoms with van der Waals surface area (Å²) in [5, 5.41) is 19.7. The van der Waals surface area contributed by atoms with E-state index >= 15 is 0 Å². The summed E-state index contributed by atoms with van der Waals surface area (Å²) in [6, 6.07) is 1.61. The van der Waals surface area contributed by atoms with Crippen LogP contribution in [0, 0.1) is 10.1 Å². The van der Waals surface area contributed by atoms with E-state index in [-0.39, 0.29) is 12.3 Å². The molecule has 0 fully saturated rings. The third kappa shape index (κ3) is 2.87. The molecule has 0 radical (unpaired) electrons. The van der Waals surface area contributed by atoms with E-state index in [1.807, 2.05) is 6.92 Å². The first kappa shape index (κ1) is 12.3. The number of nitro groups is 1. The Bertz CT molecular complexity index is 402. The molecule has 0 aliphatic carbocycles. The number of aliphatic hydroxyl groups is 1. The number of pyridine rings is 1. The Morgan fingerprint density at radius 2 is 2.44 bits per heavy atom. The van der Waals surface area contributed by atoms with Gasteiger partial charge in [-0.05, 0) is 18.1 Å². The average Bonchev–Trinajstić information content (AvgIpc) is 2.29. The molecule has 1 aromatic rings. The molecule has 5 heteroatoms. The molecule has 0 atom stereocenters. The molecule has 1 aromatic heterocycles. The first-order chi connectivity index (χ1) is 7.70. The van der Waals surface area contributed by atoms with Crippen molar-refractivity contribution in [1.82, 2.24) is 4.98 Å². The lowest BCUT2D eigenvalue weighted by atomic mass is 10.0. The summed E-state index contributed by atoms with van der Waals surface area (Å²) in [5.74, 6) is 0. The van der Waals surface area contributed by atoms with Crippen LogP contribution in [0.15, 0.2) is 24.5 Å². The lowest BCUT2D eigenvalue weighted by Gasteiger charge is -2.06. The fourth-order valence-electron chi connectivity index (χ4n) is 1.53. The van der Waals surface area contributed by atoms with Crippen molar-refractivity contribution in [2.45, 2.75) is 19.8 Å². The number of allylic oxidation sites excluding steroid dienone is 1. The second-order valence-corrected chi connectivity index (χ2v) is 3.31. The van der Waals surface area contributed by atoms with Crippen molar-refractivity contribution in [3.63, 3.8) is 0 Å². The molecule has 0 aliphatic heterocycles. The zero-order valence-corrected chi connectivity index (χ0v) is 9.09. The summed E-state index contributed by atoms with van der Waals surface area (Å²) in [6.07, 6.45) is 5.92. The monoisotopic (exact) mass is 222 g/mol. The number of aliphatic hydroxyl groups excluding tert-OH is 1. The predicted molar refractivity (Wildman–Crippen MR) is 60.9 cm³/mol. The number of rotatable bonds is 5. The number of aromatic nitrogens is 1.